The van der Waals surface area contributed by atoms with E-state index in [1.54, 1.807) is 0 Å². The van der Waals surface area contributed by atoms with Gasteiger partial charge >= 0.3 is 5.97 Å². The molecule has 7 heteroatoms. The van der Waals surface area contributed by atoms with Gasteiger partial charge in [-0.2, -0.15) is 5.10 Å². The van der Waals surface area contributed by atoms with Gasteiger partial charge in [-0.05, 0) is 78.6 Å². The van der Waals surface area contributed by atoms with Gasteiger partial charge in [0.15, 0.2) is 5.15 Å². The lowest BCUT2D eigenvalue weighted by molar-refractivity contribution is -0.142. The minimum atomic E-state index is -0.710. The number of aromatic nitrogens is 2. The zero-order valence-electron chi connectivity index (χ0n) is 21.5. The topological polar surface area (TPSA) is 67.6 Å². The zero-order valence-corrected chi connectivity index (χ0v) is 22.2. The summed E-state index contributed by atoms with van der Waals surface area (Å²) < 4.78 is 8.07. The molecule has 0 spiro atoms. The second kappa shape index (κ2) is 9.84. The number of allylic oxidation sites excluding steroid dienone is 4. The van der Waals surface area contributed by atoms with Crippen molar-refractivity contribution in [3.8, 4) is 5.75 Å². The van der Waals surface area contributed by atoms with E-state index >= 15 is 0 Å². The third-order valence-electron chi connectivity index (χ3n) is 7.63. The van der Waals surface area contributed by atoms with Crippen LogP contribution in [-0.4, -0.2) is 32.3 Å². The van der Waals surface area contributed by atoms with E-state index in [1.165, 1.54) is 5.56 Å². The number of hydrogen-bond acceptors (Lipinski definition) is 4. The minimum absolute atomic E-state index is 0.0702. The number of nitrogens with zero attached hydrogens (tertiary/aromatic N) is 3. The molecule has 0 saturated carbocycles. The van der Waals surface area contributed by atoms with Crippen molar-refractivity contribution in [2.45, 2.75) is 39.5 Å². The molecule has 6 nitrogen and oxygen atoms in total. The highest BCUT2D eigenvalue weighted by Gasteiger charge is 2.40. The number of fused-ring (bicyclic) bond motifs is 3. The normalized spacial score (nSPS) is 18.8. The Morgan fingerprint density at radius 2 is 1.89 bits per heavy atom. The molecule has 4 aromatic rings. The van der Waals surface area contributed by atoms with Gasteiger partial charge in [0, 0.05) is 36.1 Å². The zero-order chi connectivity index (χ0) is 26.4. The average molecular weight is 528 g/mol. The van der Waals surface area contributed by atoms with E-state index in [4.69, 9.17) is 16.3 Å². The molecule has 2 atom stereocenters. The largest absolute Gasteiger partial charge is 0.489 e. The molecule has 1 aliphatic heterocycles. The van der Waals surface area contributed by atoms with Crippen molar-refractivity contribution < 1.29 is 14.6 Å². The highest BCUT2D eigenvalue weighted by Crippen LogP contribution is 2.39. The quantitative estimate of drug-likeness (QED) is 0.281. The van der Waals surface area contributed by atoms with Crippen LogP contribution in [-0.2, 0) is 17.9 Å². The molecular formula is C31H30ClN3O3. The summed E-state index contributed by atoms with van der Waals surface area (Å²) in [6.07, 6.45) is 6.97. The second-order valence-electron chi connectivity index (χ2n) is 10.5. The van der Waals surface area contributed by atoms with Gasteiger partial charge in [-0.3, -0.25) is 9.48 Å². The number of ether oxygens (including phenoxy) is 1. The molecule has 2 aliphatic rings. The van der Waals surface area contributed by atoms with Gasteiger partial charge in [-0.25, -0.2) is 0 Å². The molecule has 1 aromatic heterocycles. The lowest BCUT2D eigenvalue weighted by Crippen LogP contribution is -2.23. The van der Waals surface area contributed by atoms with E-state index in [0.29, 0.717) is 24.8 Å². The minimum Gasteiger partial charge on any atom is -0.489 e. The molecule has 1 N–H and O–H groups in total. The summed E-state index contributed by atoms with van der Waals surface area (Å²) in [5.74, 6) is -0.186. The van der Waals surface area contributed by atoms with Crippen molar-refractivity contribution in [1.82, 2.24) is 14.7 Å². The first-order valence-electron chi connectivity index (χ1n) is 13.0. The van der Waals surface area contributed by atoms with Crippen molar-refractivity contribution in [3.05, 3.63) is 94.8 Å². The Kier molecular flexibility index (Phi) is 6.36. The lowest BCUT2D eigenvalue weighted by Gasteiger charge is -2.23. The van der Waals surface area contributed by atoms with Crippen LogP contribution in [0.1, 0.15) is 37.4 Å². The van der Waals surface area contributed by atoms with Gasteiger partial charge in [0.1, 0.15) is 12.4 Å². The van der Waals surface area contributed by atoms with E-state index in [-0.39, 0.29) is 17.9 Å². The number of rotatable bonds is 7. The first-order chi connectivity index (χ1) is 18.4. The Balaban J connectivity index is 1.16. The molecule has 3 aromatic carbocycles. The predicted molar refractivity (Wildman–Crippen MR) is 150 cm³/mol. The van der Waals surface area contributed by atoms with Gasteiger partial charge in [0.2, 0.25) is 0 Å². The maximum atomic E-state index is 11.8. The standard InChI is InChI=1S/C31H30ClN3O3/c1-19(2)35-29-12-8-21(14-26(29)30(32)33-35)18-38-24-11-10-22-13-20(7-9-23(22)15-24)16-34-17-27(31(36)37)25-5-3-4-6-28(25)34/h3-4,6-15,19,25,27H,5,16-18H2,1-2H3,(H,36,37). The van der Waals surface area contributed by atoms with Crippen LogP contribution in [0.4, 0.5) is 0 Å². The third kappa shape index (κ3) is 4.54. The molecule has 2 unspecified atom stereocenters. The number of benzene rings is 3. The average Bonchev–Trinajstić information content (AvgIpc) is 3.45. The summed E-state index contributed by atoms with van der Waals surface area (Å²) in [6.45, 7) is 5.86. The number of likely N-dealkylation sites (tertiary alicyclic amines) is 1. The fourth-order valence-corrected chi connectivity index (χ4v) is 5.94. The number of carbonyl (C=O) groups is 1. The van der Waals surface area contributed by atoms with E-state index in [2.05, 4.69) is 78.5 Å². The Hall–Kier alpha value is -3.77. The number of carboxylic acids is 1. The summed E-state index contributed by atoms with van der Waals surface area (Å²) in [4.78, 5) is 14.0. The maximum Gasteiger partial charge on any atom is 0.308 e. The molecule has 194 valence electrons. The molecule has 1 saturated heterocycles. The van der Waals surface area contributed by atoms with Crippen LogP contribution in [0.15, 0.2) is 78.5 Å². The molecule has 0 bridgehead atoms. The van der Waals surface area contributed by atoms with E-state index < -0.39 is 5.97 Å². The first-order valence-corrected chi connectivity index (χ1v) is 13.4. The maximum absolute atomic E-state index is 11.8. The summed E-state index contributed by atoms with van der Waals surface area (Å²) in [5.41, 5.74) is 4.36. The summed E-state index contributed by atoms with van der Waals surface area (Å²) >= 11 is 6.39. The Labute approximate surface area is 226 Å². The van der Waals surface area contributed by atoms with E-state index in [1.807, 2.05) is 22.9 Å². The fourth-order valence-electron chi connectivity index (χ4n) is 5.71. The van der Waals surface area contributed by atoms with Crippen LogP contribution in [0.3, 0.4) is 0 Å². The number of hydrogen-bond donors (Lipinski definition) is 1. The summed E-state index contributed by atoms with van der Waals surface area (Å²) in [7, 11) is 0. The van der Waals surface area contributed by atoms with Gasteiger partial charge in [-0.15, -0.1) is 0 Å². The lowest BCUT2D eigenvalue weighted by atomic mass is 9.88. The smallest absolute Gasteiger partial charge is 0.308 e. The molecule has 38 heavy (non-hydrogen) atoms. The molecule has 1 aliphatic carbocycles. The Morgan fingerprint density at radius 3 is 2.71 bits per heavy atom. The summed E-state index contributed by atoms with van der Waals surface area (Å²) in [5, 5.41) is 17.8. The second-order valence-corrected chi connectivity index (χ2v) is 10.9. The Morgan fingerprint density at radius 1 is 1.11 bits per heavy atom. The van der Waals surface area contributed by atoms with Crippen LogP contribution >= 0.6 is 11.6 Å². The van der Waals surface area contributed by atoms with Gasteiger partial charge in [0.05, 0.1) is 11.4 Å². The van der Waals surface area contributed by atoms with Crippen LogP contribution in [0.5, 0.6) is 5.75 Å². The molecule has 2 heterocycles. The highest BCUT2D eigenvalue weighted by molar-refractivity contribution is 6.34. The van der Waals surface area contributed by atoms with Gasteiger partial charge in [0.25, 0.3) is 0 Å². The SMILES string of the molecule is CC(C)n1nc(Cl)c2cc(COc3ccc4cc(CN5CC(C(=O)O)C6CC=CC=C65)ccc4c3)ccc21. The monoisotopic (exact) mass is 527 g/mol. The number of aliphatic carboxylic acids is 1. The van der Waals surface area contributed by atoms with Crippen molar-refractivity contribution >= 4 is 39.2 Å². The molecular weight excluding hydrogens is 498 g/mol. The highest BCUT2D eigenvalue weighted by atomic mass is 35.5. The van der Waals surface area contributed by atoms with Crippen LogP contribution in [0, 0.1) is 11.8 Å². The Bertz CT molecular complexity index is 1600. The van der Waals surface area contributed by atoms with Crippen molar-refractivity contribution in [3.63, 3.8) is 0 Å². The molecule has 0 amide bonds. The molecule has 6 rings (SSSR count). The first kappa shape index (κ1) is 24.6. The van der Waals surface area contributed by atoms with Crippen LogP contribution < -0.4 is 4.74 Å². The predicted octanol–water partition coefficient (Wildman–Crippen LogP) is 6.98. The van der Waals surface area contributed by atoms with Gasteiger partial charge < -0.3 is 14.7 Å². The number of halogens is 1. The van der Waals surface area contributed by atoms with Crippen LogP contribution in [0.25, 0.3) is 21.7 Å². The fraction of sp³-hybridized carbons (Fsp3) is 0.290. The van der Waals surface area contributed by atoms with E-state index in [0.717, 1.165) is 45.1 Å². The third-order valence-corrected chi connectivity index (χ3v) is 7.91. The molecule has 0 radical (unpaired) electrons. The summed E-state index contributed by atoms with van der Waals surface area (Å²) in [6, 6.07) is 18.9. The van der Waals surface area contributed by atoms with Crippen molar-refractivity contribution in [1.29, 1.82) is 0 Å². The van der Waals surface area contributed by atoms with Gasteiger partial charge in [-0.1, -0.05) is 48.0 Å². The van der Waals surface area contributed by atoms with Crippen molar-refractivity contribution in [2.75, 3.05) is 6.54 Å². The van der Waals surface area contributed by atoms with Crippen molar-refractivity contribution in [2.24, 2.45) is 11.8 Å². The number of carboxylic acid groups (broad SMARTS) is 1. The van der Waals surface area contributed by atoms with Crippen LogP contribution in [0.2, 0.25) is 5.15 Å². The molecule has 1 fully saturated rings. The van der Waals surface area contributed by atoms with E-state index in [9.17, 15) is 9.90 Å².